The van der Waals surface area contributed by atoms with Crippen LogP contribution in [0.3, 0.4) is 0 Å². The molecular formula is C38H46FN7O3. The normalized spacial score (nSPS) is 19.7. The minimum absolute atomic E-state index is 0.00695. The monoisotopic (exact) mass is 667 g/mol. The van der Waals surface area contributed by atoms with Crippen LogP contribution in [-0.2, 0) is 13.5 Å². The summed E-state index contributed by atoms with van der Waals surface area (Å²) >= 11 is 0. The maximum atomic E-state index is 14.3. The molecule has 2 aromatic heterocycles. The average molecular weight is 668 g/mol. The van der Waals surface area contributed by atoms with Gasteiger partial charge in [0.05, 0.1) is 6.20 Å². The highest BCUT2D eigenvalue weighted by molar-refractivity contribution is 5.96. The first-order chi connectivity index (χ1) is 23.7. The lowest BCUT2D eigenvalue weighted by molar-refractivity contribution is 0.0887. The summed E-state index contributed by atoms with van der Waals surface area (Å²) in [5.74, 6) is -0.728. The van der Waals surface area contributed by atoms with E-state index < -0.39 is 11.7 Å². The van der Waals surface area contributed by atoms with Crippen LogP contribution < -0.4 is 20.7 Å². The second-order valence-corrected chi connectivity index (χ2v) is 13.3. The van der Waals surface area contributed by atoms with Crippen molar-refractivity contribution in [3.63, 3.8) is 0 Å². The molecule has 4 aromatic rings. The number of halogens is 1. The number of benzene rings is 2. The summed E-state index contributed by atoms with van der Waals surface area (Å²) in [7, 11) is 1.80. The van der Waals surface area contributed by atoms with Crippen molar-refractivity contribution in [2.45, 2.75) is 70.5 Å². The average Bonchev–Trinajstić information content (AvgIpc) is 3.45. The van der Waals surface area contributed by atoms with E-state index in [2.05, 4.69) is 62.1 Å². The predicted molar refractivity (Wildman–Crippen MR) is 187 cm³/mol. The molecule has 1 unspecified atom stereocenters. The molecule has 2 fully saturated rings. The van der Waals surface area contributed by atoms with Crippen LogP contribution in [0.5, 0.6) is 11.6 Å². The van der Waals surface area contributed by atoms with Crippen molar-refractivity contribution >= 4 is 11.8 Å². The van der Waals surface area contributed by atoms with Gasteiger partial charge in [-0.15, -0.1) is 0 Å². The highest BCUT2D eigenvalue weighted by Crippen LogP contribution is 2.29. The summed E-state index contributed by atoms with van der Waals surface area (Å²) < 4.78 is 22.1. The van der Waals surface area contributed by atoms with Crippen LogP contribution in [0.15, 0.2) is 66.9 Å². The first kappa shape index (κ1) is 34.3. The van der Waals surface area contributed by atoms with Crippen LogP contribution in [0, 0.1) is 12.7 Å². The van der Waals surface area contributed by atoms with E-state index >= 15 is 0 Å². The van der Waals surface area contributed by atoms with E-state index in [9.17, 15) is 14.0 Å². The lowest BCUT2D eigenvalue weighted by atomic mass is 9.91. The zero-order chi connectivity index (χ0) is 34.3. The van der Waals surface area contributed by atoms with Crippen molar-refractivity contribution in [2.75, 3.05) is 26.2 Å². The third-order valence-electron chi connectivity index (χ3n) is 9.69. The van der Waals surface area contributed by atoms with Gasteiger partial charge in [0.25, 0.3) is 11.8 Å². The largest absolute Gasteiger partial charge is 0.438 e. The fraction of sp³-hybridized carbons (Fsp3) is 0.421. The minimum atomic E-state index is -0.620. The van der Waals surface area contributed by atoms with E-state index in [-0.39, 0.29) is 29.4 Å². The third-order valence-corrected chi connectivity index (χ3v) is 9.69. The van der Waals surface area contributed by atoms with E-state index in [4.69, 9.17) is 4.74 Å². The SMILES string of the molecule is Cc1cc(C(=O)NC2CCC(NC(=O)c3cc(F)cnc3Oc3cccc(-c4ccc(CCCN5CCNCC5C)cc4)c3)CC2)nn1C. The Kier molecular flexibility index (Phi) is 11.0. The zero-order valence-corrected chi connectivity index (χ0v) is 28.5. The molecule has 1 saturated heterocycles. The summed E-state index contributed by atoms with van der Waals surface area (Å²) in [4.78, 5) is 32.7. The molecule has 3 heterocycles. The van der Waals surface area contributed by atoms with Gasteiger partial charge in [-0.25, -0.2) is 9.37 Å². The van der Waals surface area contributed by atoms with E-state index in [0.29, 0.717) is 43.2 Å². The number of nitrogens with one attached hydrogen (secondary N) is 3. The van der Waals surface area contributed by atoms with Crippen molar-refractivity contribution < 1.29 is 18.7 Å². The third kappa shape index (κ3) is 8.90. The molecule has 2 aliphatic rings. The molecule has 1 saturated carbocycles. The van der Waals surface area contributed by atoms with Crippen molar-refractivity contribution in [3.8, 4) is 22.8 Å². The summed E-state index contributed by atoms with van der Waals surface area (Å²) in [5.41, 5.74) is 4.66. The molecule has 6 rings (SSSR count). The molecule has 0 spiro atoms. The number of hydrogen-bond donors (Lipinski definition) is 3. The Hall–Kier alpha value is -4.61. The number of aromatic nitrogens is 3. The number of pyridine rings is 1. The second kappa shape index (κ2) is 15.7. The Labute approximate surface area is 287 Å². The quantitative estimate of drug-likeness (QED) is 0.196. The zero-order valence-electron chi connectivity index (χ0n) is 28.5. The van der Waals surface area contributed by atoms with Crippen LogP contribution in [-0.4, -0.2) is 75.8 Å². The molecule has 1 atom stereocenters. The van der Waals surface area contributed by atoms with Gasteiger partial charge >= 0.3 is 0 Å². The molecule has 2 aromatic carbocycles. The first-order valence-electron chi connectivity index (χ1n) is 17.3. The van der Waals surface area contributed by atoms with Gasteiger partial charge in [0.2, 0.25) is 5.88 Å². The van der Waals surface area contributed by atoms with E-state index in [1.807, 2.05) is 25.1 Å². The van der Waals surface area contributed by atoms with Gasteiger partial charge in [-0.1, -0.05) is 36.4 Å². The van der Waals surface area contributed by atoms with Crippen LogP contribution >= 0.6 is 0 Å². The number of carbonyl (C=O) groups is 2. The molecule has 3 N–H and O–H groups in total. The van der Waals surface area contributed by atoms with Gasteiger partial charge in [-0.05, 0) is 99.9 Å². The number of hydrogen-bond acceptors (Lipinski definition) is 7. The minimum Gasteiger partial charge on any atom is -0.438 e. The topological polar surface area (TPSA) is 113 Å². The van der Waals surface area contributed by atoms with Crippen LogP contribution in [0.2, 0.25) is 0 Å². The second-order valence-electron chi connectivity index (χ2n) is 13.3. The number of aryl methyl sites for hydroxylation is 3. The van der Waals surface area contributed by atoms with Crippen molar-refractivity contribution in [3.05, 3.63) is 95.2 Å². The highest BCUT2D eigenvalue weighted by Gasteiger charge is 2.26. The highest BCUT2D eigenvalue weighted by atomic mass is 19.1. The number of amides is 2. The molecule has 2 amide bonds. The molecular weight excluding hydrogens is 621 g/mol. The Morgan fingerprint density at radius 2 is 1.71 bits per heavy atom. The lowest BCUT2D eigenvalue weighted by Gasteiger charge is -2.33. The number of carbonyl (C=O) groups excluding carboxylic acids is 2. The summed E-state index contributed by atoms with van der Waals surface area (Å²) in [6, 6.07) is 19.6. The van der Waals surface area contributed by atoms with Crippen molar-refractivity contribution in [2.24, 2.45) is 7.05 Å². The number of nitrogens with zero attached hydrogens (tertiary/aromatic N) is 4. The van der Waals surface area contributed by atoms with Crippen LogP contribution in [0.25, 0.3) is 11.1 Å². The Balaban J connectivity index is 1.03. The fourth-order valence-electron chi connectivity index (χ4n) is 6.66. The van der Waals surface area contributed by atoms with E-state index in [0.717, 1.165) is 68.1 Å². The standard InChI is InChI=1S/C38H46FN7O3/c1-25-20-35(44-45(25)3)37(48)43-32-15-13-31(14-16-32)42-36(47)34-22-30(39)24-41-38(34)49-33-8-4-7-29(21-33)28-11-9-27(10-12-28)6-5-18-46-19-17-40-23-26(46)2/h4,7-12,20-22,24,26,31-32,40H,5-6,13-19,23H2,1-3H3,(H,42,47)(H,43,48). The molecule has 49 heavy (non-hydrogen) atoms. The van der Waals surface area contributed by atoms with E-state index in [1.165, 1.54) is 5.56 Å². The van der Waals surface area contributed by atoms with E-state index in [1.54, 1.807) is 23.9 Å². The van der Waals surface area contributed by atoms with Crippen LogP contribution in [0.1, 0.15) is 71.1 Å². The maximum Gasteiger partial charge on any atom is 0.272 e. The van der Waals surface area contributed by atoms with Gasteiger partial charge < -0.3 is 20.7 Å². The molecule has 0 bridgehead atoms. The molecule has 0 radical (unpaired) electrons. The molecule has 10 nitrogen and oxygen atoms in total. The van der Waals surface area contributed by atoms with Crippen molar-refractivity contribution in [1.29, 1.82) is 0 Å². The van der Waals surface area contributed by atoms with Crippen LogP contribution in [0.4, 0.5) is 4.39 Å². The molecule has 258 valence electrons. The van der Waals surface area contributed by atoms with Gasteiger partial charge in [0, 0.05) is 50.5 Å². The molecule has 1 aliphatic carbocycles. The Bertz CT molecular complexity index is 1730. The summed E-state index contributed by atoms with van der Waals surface area (Å²) in [6.07, 6.45) is 5.96. The van der Waals surface area contributed by atoms with Gasteiger partial charge in [-0.2, -0.15) is 5.10 Å². The fourth-order valence-corrected chi connectivity index (χ4v) is 6.66. The number of rotatable bonds is 11. The summed E-state index contributed by atoms with van der Waals surface area (Å²) in [5, 5.41) is 13.8. The molecule has 1 aliphatic heterocycles. The lowest BCUT2D eigenvalue weighted by Crippen LogP contribution is -2.49. The number of piperazine rings is 1. The van der Waals surface area contributed by atoms with Gasteiger partial charge in [0.1, 0.15) is 22.8 Å². The smallest absolute Gasteiger partial charge is 0.272 e. The van der Waals surface area contributed by atoms with Gasteiger partial charge in [0.15, 0.2) is 0 Å². The maximum absolute atomic E-state index is 14.3. The Morgan fingerprint density at radius 3 is 2.41 bits per heavy atom. The van der Waals surface area contributed by atoms with Crippen molar-refractivity contribution in [1.82, 2.24) is 35.6 Å². The first-order valence-corrected chi connectivity index (χ1v) is 17.3. The summed E-state index contributed by atoms with van der Waals surface area (Å²) in [6.45, 7) is 8.51. The number of ether oxygens (including phenoxy) is 1. The Morgan fingerprint density at radius 1 is 0.980 bits per heavy atom. The molecule has 11 heteroatoms. The predicted octanol–water partition coefficient (Wildman–Crippen LogP) is 5.42. The van der Waals surface area contributed by atoms with Gasteiger partial charge in [-0.3, -0.25) is 19.2 Å².